The van der Waals surface area contributed by atoms with Crippen molar-refractivity contribution >= 4 is 33.4 Å². The molecule has 2 heterocycles. The Balaban J connectivity index is 1.78. The van der Waals surface area contributed by atoms with Crippen molar-refractivity contribution in [1.29, 1.82) is 0 Å². The molecule has 3 atom stereocenters. The van der Waals surface area contributed by atoms with Crippen LogP contribution in [0.1, 0.15) is 43.1 Å². The second-order valence-corrected chi connectivity index (χ2v) is 8.96. The molecular weight excluding hydrogens is 432 g/mol. The highest BCUT2D eigenvalue weighted by atomic mass is 79.9. The molecule has 1 aromatic rings. The Morgan fingerprint density at radius 3 is 2.72 bits per heavy atom. The third kappa shape index (κ3) is 4.83. The number of rotatable bonds is 6. The van der Waals surface area contributed by atoms with E-state index in [2.05, 4.69) is 49.8 Å². The zero-order valence-corrected chi connectivity index (χ0v) is 19.2. The van der Waals surface area contributed by atoms with E-state index in [4.69, 9.17) is 0 Å². The van der Waals surface area contributed by atoms with Gasteiger partial charge >= 0.3 is 0 Å². The van der Waals surface area contributed by atoms with Crippen LogP contribution in [0.25, 0.3) is 0 Å². The molecule has 1 fully saturated rings. The van der Waals surface area contributed by atoms with Gasteiger partial charge in [0.2, 0.25) is 5.91 Å². The number of hydrogen-bond acceptors (Lipinski definition) is 4. The first kappa shape index (κ1) is 21.8. The predicted molar refractivity (Wildman–Crippen MR) is 120 cm³/mol. The Hall–Kier alpha value is -1.86. The molecule has 2 aliphatic heterocycles. The number of likely N-dealkylation sites (N-methyl/N-ethyl adjacent to an activating group) is 1. The number of amides is 2. The van der Waals surface area contributed by atoms with Gasteiger partial charge in [-0.3, -0.25) is 9.59 Å². The molecule has 0 aromatic heterocycles. The highest BCUT2D eigenvalue weighted by Gasteiger charge is 2.29. The van der Waals surface area contributed by atoms with Crippen LogP contribution in [-0.2, 0) is 4.79 Å². The molecule has 0 spiro atoms. The smallest absolute Gasteiger partial charge is 0.251 e. The van der Waals surface area contributed by atoms with Gasteiger partial charge in [0.15, 0.2) is 0 Å². The van der Waals surface area contributed by atoms with E-state index in [9.17, 15) is 9.59 Å². The summed E-state index contributed by atoms with van der Waals surface area (Å²) in [6, 6.07) is 4.40. The van der Waals surface area contributed by atoms with Gasteiger partial charge in [-0.25, -0.2) is 0 Å². The van der Waals surface area contributed by atoms with Gasteiger partial charge < -0.3 is 20.9 Å². The van der Waals surface area contributed by atoms with Crippen molar-refractivity contribution in [2.75, 3.05) is 31.1 Å². The van der Waals surface area contributed by atoms with Crippen LogP contribution in [-0.4, -0.2) is 44.0 Å². The standard InChI is InChI=1S/C22H31BrN4O2/c1-5-27(17-6-7-24-11-17)20-10-16(23)9-18(15(20)4)21(28)25-12-19-13(2)8-14(3)26-22(19)29/h8-10,13,17,19,24H,5-7,11-12H2,1-4H3,(H,25,28)(H,26,29). The number of nitrogens with one attached hydrogen (secondary N) is 3. The maximum absolute atomic E-state index is 13.0. The predicted octanol–water partition coefficient (Wildman–Crippen LogP) is 2.96. The molecule has 7 heteroatoms. The van der Waals surface area contributed by atoms with Crippen LogP contribution in [0.15, 0.2) is 28.4 Å². The first-order valence-electron chi connectivity index (χ1n) is 10.4. The molecular formula is C22H31BrN4O2. The van der Waals surface area contributed by atoms with Crippen molar-refractivity contribution < 1.29 is 9.59 Å². The Labute approximate surface area is 181 Å². The van der Waals surface area contributed by atoms with Crippen molar-refractivity contribution in [3.05, 3.63) is 39.5 Å². The maximum Gasteiger partial charge on any atom is 0.251 e. The fraction of sp³-hybridized carbons (Fsp3) is 0.545. The lowest BCUT2D eigenvalue weighted by atomic mass is 9.89. The summed E-state index contributed by atoms with van der Waals surface area (Å²) in [7, 11) is 0. The van der Waals surface area contributed by atoms with Gasteiger partial charge in [-0.05, 0) is 57.4 Å². The van der Waals surface area contributed by atoms with Gasteiger partial charge in [-0.2, -0.15) is 0 Å². The zero-order valence-electron chi connectivity index (χ0n) is 17.6. The number of hydrogen-bond donors (Lipinski definition) is 3. The number of anilines is 1. The number of carbonyl (C=O) groups excluding carboxylic acids is 2. The quantitative estimate of drug-likeness (QED) is 0.607. The van der Waals surface area contributed by atoms with Crippen LogP contribution >= 0.6 is 15.9 Å². The number of halogens is 1. The lowest BCUT2D eigenvalue weighted by Gasteiger charge is -2.32. The molecule has 1 aromatic carbocycles. The van der Waals surface area contributed by atoms with Crippen molar-refractivity contribution in [2.45, 2.75) is 40.2 Å². The Bertz CT molecular complexity index is 817. The van der Waals surface area contributed by atoms with E-state index in [-0.39, 0.29) is 23.7 Å². The van der Waals surface area contributed by atoms with Crippen LogP contribution in [0.2, 0.25) is 0 Å². The van der Waals surface area contributed by atoms with E-state index < -0.39 is 0 Å². The third-order valence-electron chi connectivity index (χ3n) is 6.00. The molecule has 0 aliphatic carbocycles. The van der Waals surface area contributed by atoms with E-state index in [0.717, 1.165) is 47.5 Å². The molecule has 0 saturated carbocycles. The summed E-state index contributed by atoms with van der Waals surface area (Å²) < 4.78 is 0.884. The average Bonchev–Trinajstić information content (AvgIpc) is 3.18. The van der Waals surface area contributed by atoms with Gasteiger partial charge in [0, 0.05) is 47.1 Å². The van der Waals surface area contributed by atoms with Crippen molar-refractivity contribution in [1.82, 2.24) is 16.0 Å². The molecule has 2 aliphatic rings. The monoisotopic (exact) mass is 462 g/mol. The number of benzene rings is 1. The topological polar surface area (TPSA) is 73.5 Å². The van der Waals surface area contributed by atoms with E-state index >= 15 is 0 Å². The minimum absolute atomic E-state index is 0.0321. The molecule has 1 saturated heterocycles. The summed E-state index contributed by atoms with van der Waals surface area (Å²) in [5, 5.41) is 9.26. The second-order valence-electron chi connectivity index (χ2n) is 8.04. The highest BCUT2D eigenvalue weighted by molar-refractivity contribution is 9.10. The summed E-state index contributed by atoms with van der Waals surface area (Å²) >= 11 is 3.58. The highest BCUT2D eigenvalue weighted by Crippen LogP contribution is 2.31. The SMILES string of the molecule is CCN(c1cc(Br)cc(C(=O)NCC2C(=O)NC(C)=CC2C)c1C)C1CCNC1. The minimum Gasteiger partial charge on any atom is -0.367 e. The molecule has 3 unspecified atom stereocenters. The Morgan fingerprint density at radius 2 is 2.10 bits per heavy atom. The van der Waals surface area contributed by atoms with Gasteiger partial charge in [0.05, 0.1) is 5.92 Å². The van der Waals surface area contributed by atoms with E-state index in [1.54, 1.807) is 0 Å². The van der Waals surface area contributed by atoms with Crippen molar-refractivity contribution in [3.63, 3.8) is 0 Å². The van der Waals surface area contributed by atoms with Crippen LogP contribution < -0.4 is 20.9 Å². The molecule has 2 amide bonds. The number of nitrogens with zero attached hydrogens (tertiary/aromatic N) is 1. The fourth-order valence-electron chi connectivity index (χ4n) is 4.38. The molecule has 0 bridgehead atoms. The van der Waals surface area contributed by atoms with E-state index in [1.807, 2.05) is 32.9 Å². The molecule has 29 heavy (non-hydrogen) atoms. The molecule has 3 rings (SSSR count). The first-order chi connectivity index (χ1) is 13.8. The molecule has 158 valence electrons. The van der Waals surface area contributed by atoms with E-state index in [0.29, 0.717) is 18.2 Å². The lowest BCUT2D eigenvalue weighted by Crippen LogP contribution is -2.44. The van der Waals surface area contributed by atoms with Crippen molar-refractivity contribution in [2.24, 2.45) is 11.8 Å². The summed E-state index contributed by atoms with van der Waals surface area (Å²) in [6.07, 6.45) is 3.14. The van der Waals surface area contributed by atoms with Gasteiger partial charge in [0.25, 0.3) is 5.91 Å². The number of allylic oxidation sites excluding steroid dienone is 2. The fourth-order valence-corrected chi connectivity index (χ4v) is 4.83. The minimum atomic E-state index is -0.258. The zero-order chi connectivity index (χ0) is 21.1. The summed E-state index contributed by atoms with van der Waals surface area (Å²) in [5.74, 6) is -0.341. The average molecular weight is 463 g/mol. The first-order valence-corrected chi connectivity index (χ1v) is 11.2. The maximum atomic E-state index is 13.0. The van der Waals surface area contributed by atoms with Crippen LogP contribution in [0.4, 0.5) is 5.69 Å². The lowest BCUT2D eigenvalue weighted by molar-refractivity contribution is -0.125. The summed E-state index contributed by atoms with van der Waals surface area (Å²) in [4.78, 5) is 27.7. The van der Waals surface area contributed by atoms with Crippen LogP contribution in [0, 0.1) is 18.8 Å². The van der Waals surface area contributed by atoms with Crippen molar-refractivity contribution in [3.8, 4) is 0 Å². The molecule has 3 N–H and O–H groups in total. The largest absolute Gasteiger partial charge is 0.367 e. The summed E-state index contributed by atoms with van der Waals surface area (Å²) in [6.45, 7) is 11.2. The van der Waals surface area contributed by atoms with Gasteiger partial charge in [-0.1, -0.05) is 28.9 Å². The molecule has 6 nitrogen and oxygen atoms in total. The number of carbonyl (C=O) groups is 2. The van der Waals surface area contributed by atoms with Gasteiger partial charge in [0.1, 0.15) is 0 Å². The normalized spacial score (nSPS) is 24.1. The Morgan fingerprint density at radius 1 is 1.34 bits per heavy atom. The van der Waals surface area contributed by atoms with E-state index in [1.165, 1.54) is 0 Å². The third-order valence-corrected chi connectivity index (χ3v) is 6.46. The van der Waals surface area contributed by atoms with Gasteiger partial charge in [-0.15, -0.1) is 0 Å². The Kier molecular flexibility index (Phi) is 7.01. The second kappa shape index (κ2) is 9.30. The van der Waals surface area contributed by atoms with Crippen LogP contribution in [0.5, 0.6) is 0 Å². The molecule has 0 radical (unpaired) electrons. The van der Waals surface area contributed by atoms with Crippen LogP contribution in [0.3, 0.4) is 0 Å². The summed E-state index contributed by atoms with van der Waals surface area (Å²) in [5.41, 5.74) is 3.58.